The molecule has 3 atom stereocenters. The molecule has 0 radical (unpaired) electrons. The number of hydrogen-bond acceptors (Lipinski definition) is 6. The van der Waals surface area contributed by atoms with Crippen LogP contribution in [-0.4, -0.2) is 37.9 Å². The van der Waals surface area contributed by atoms with Crippen LogP contribution in [0.25, 0.3) is 0 Å². The monoisotopic (exact) mass is 345 g/mol. The number of ether oxygens (including phenoxy) is 3. The Morgan fingerprint density at radius 3 is 2.80 bits per heavy atom. The van der Waals surface area contributed by atoms with Gasteiger partial charge in [0, 0.05) is 12.0 Å². The Labute approximate surface area is 147 Å². The number of ketones is 1. The maximum Gasteiger partial charge on any atom is 0.184 e. The molecule has 134 valence electrons. The molecule has 1 aromatic rings. The Morgan fingerprint density at radius 2 is 2.04 bits per heavy atom. The van der Waals surface area contributed by atoms with Gasteiger partial charge in [0.15, 0.2) is 6.29 Å². The summed E-state index contributed by atoms with van der Waals surface area (Å²) in [6, 6.07) is 5.71. The normalized spacial score (nSPS) is 29.8. The Hall–Kier alpha value is -1.92. The maximum atomic E-state index is 12.7. The van der Waals surface area contributed by atoms with Gasteiger partial charge < -0.3 is 19.0 Å². The van der Waals surface area contributed by atoms with Crippen LogP contribution < -0.4 is 4.74 Å². The van der Waals surface area contributed by atoms with Gasteiger partial charge in [0.05, 0.1) is 25.9 Å². The van der Waals surface area contributed by atoms with E-state index in [-0.39, 0.29) is 17.8 Å². The summed E-state index contributed by atoms with van der Waals surface area (Å²) in [4.78, 5) is 18.3. The lowest BCUT2D eigenvalue weighted by molar-refractivity contribution is -0.183. The number of benzene rings is 1. The number of Topliss-reactive ketones (excluding diaryl/α,β-unsaturated/α-hetero) is 1. The number of carbonyl (C=O) groups is 1. The molecule has 6 nitrogen and oxygen atoms in total. The van der Waals surface area contributed by atoms with E-state index >= 15 is 0 Å². The number of carbonyl (C=O) groups excluding carboxylic acids is 1. The molecular formula is C19H23NO5. The maximum absolute atomic E-state index is 12.7. The van der Waals surface area contributed by atoms with Crippen LogP contribution in [-0.2, 0) is 19.1 Å². The second-order valence-electron chi connectivity index (χ2n) is 6.96. The van der Waals surface area contributed by atoms with Crippen LogP contribution in [0.3, 0.4) is 0 Å². The van der Waals surface area contributed by atoms with Crippen molar-refractivity contribution in [3.05, 3.63) is 29.3 Å². The largest absolute Gasteiger partial charge is 0.496 e. The van der Waals surface area contributed by atoms with Gasteiger partial charge in [-0.1, -0.05) is 24.2 Å². The van der Waals surface area contributed by atoms with Crippen molar-refractivity contribution in [3.63, 3.8) is 0 Å². The minimum atomic E-state index is -0.474. The van der Waals surface area contributed by atoms with Gasteiger partial charge in [-0.2, -0.15) is 0 Å². The number of nitrogens with zero attached hydrogens (tertiary/aromatic N) is 1. The van der Waals surface area contributed by atoms with Crippen molar-refractivity contribution in [2.45, 2.75) is 38.6 Å². The predicted molar refractivity (Wildman–Crippen MR) is 90.6 cm³/mol. The van der Waals surface area contributed by atoms with E-state index < -0.39 is 6.29 Å². The Kier molecular flexibility index (Phi) is 4.48. The zero-order valence-electron chi connectivity index (χ0n) is 14.6. The molecule has 0 bridgehead atoms. The molecule has 2 fully saturated rings. The highest BCUT2D eigenvalue weighted by atomic mass is 16.7. The molecule has 1 aliphatic carbocycles. The first-order chi connectivity index (χ1) is 12.2. The molecule has 1 saturated carbocycles. The van der Waals surface area contributed by atoms with E-state index in [1.54, 1.807) is 7.11 Å². The van der Waals surface area contributed by atoms with Crippen molar-refractivity contribution in [1.82, 2.24) is 0 Å². The van der Waals surface area contributed by atoms with Gasteiger partial charge in [-0.05, 0) is 24.8 Å². The van der Waals surface area contributed by atoms with Crippen LogP contribution in [0.5, 0.6) is 5.75 Å². The quantitative estimate of drug-likeness (QED) is 0.843. The summed E-state index contributed by atoms with van der Waals surface area (Å²) in [5, 5.41) is 4.30. The molecule has 0 aromatic heterocycles. The van der Waals surface area contributed by atoms with Gasteiger partial charge in [0.1, 0.15) is 29.3 Å². The number of oxime groups is 1. The summed E-state index contributed by atoms with van der Waals surface area (Å²) in [6.07, 6.45) is 1.62. The number of fused-ring (bicyclic) bond motifs is 1. The lowest BCUT2D eigenvalue weighted by Crippen LogP contribution is -2.39. The third-order valence-corrected chi connectivity index (χ3v) is 5.10. The minimum Gasteiger partial charge on any atom is -0.496 e. The third-order valence-electron chi connectivity index (χ3n) is 5.10. The van der Waals surface area contributed by atoms with Gasteiger partial charge in [-0.25, -0.2) is 0 Å². The highest BCUT2D eigenvalue weighted by Crippen LogP contribution is 2.40. The molecule has 2 aliphatic heterocycles. The third kappa shape index (κ3) is 2.93. The van der Waals surface area contributed by atoms with E-state index in [1.807, 2.05) is 18.2 Å². The van der Waals surface area contributed by atoms with Crippen LogP contribution in [0.15, 0.2) is 23.4 Å². The fraction of sp³-hybridized carbons (Fsp3) is 0.579. The molecule has 3 aliphatic rings. The summed E-state index contributed by atoms with van der Waals surface area (Å²) in [6.45, 7) is 3.37. The van der Waals surface area contributed by atoms with Crippen LogP contribution in [0.2, 0.25) is 0 Å². The highest BCUT2D eigenvalue weighted by Gasteiger charge is 2.46. The van der Waals surface area contributed by atoms with E-state index in [4.69, 9.17) is 19.0 Å². The van der Waals surface area contributed by atoms with Crippen LogP contribution in [0.1, 0.15) is 43.6 Å². The van der Waals surface area contributed by atoms with Crippen molar-refractivity contribution >= 4 is 11.5 Å². The highest BCUT2D eigenvalue weighted by molar-refractivity contribution is 6.16. The first-order valence-electron chi connectivity index (χ1n) is 8.86. The SMILES string of the molecule is COc1cccc(C2OCCCO2)c1C1=NOC2CC(C)CC(=O)C12. The number of rotatable bonds is 3. The summed E-state index contributed by atoms with van der Waals surface area (Å²) in [5.74, 6) is 0.826. The zero-order valence-corrected chi connectivity index (χ0v) is 14.6. The lowest BCUT2D eigenvalue weighted by atomic mass is 9.75. The van der Waals surface area contributed by atoms with Crippen LogP contribution in [0.4, 0.5) is 0 Å². The first kappa shape index (κ1) is 16.5. The van der Waals surface area contributed by atoms with Crippen LogP contribution >= 0.6 is 0 Å². The van der Waals surface area contributed by atoms with Crippen molar-refractivity contribution in [2.24, 2.45) is 17.0 Å². The molecule has 4 rings (SSSR count). The fourth-order valence-electron chi connectivity index (χ4n) is 3.96. The molecule has 3 unspecified atom stereocenters. The van der Waals surface area contributed by atoms with Crippen molar-refractivity contribution in [1.29, 1.82) is 0 Å². The Morgan fingerprint density at radius 1 is 1.24 bits per heavy atom. The topological polar surface area (TPSA) is 66.3 Å². The van der Waals surface area contributed by atoms with Gasteiger partial charge in [0.25, 0.3) is 0 Å². The predicted octanol–water partition coefficient (Wildman–Crippen LogP) is 2.85. The lowest BCUT2D eigenvalue weighted by Gasteiger charge is -2.29. The van der Waals surface area contributed by atoms with Crippen molar-refractivity contribution in [2.75, 3.05) is 20.3 Å². The molecule has 0 amide bonds. The smallest absolute Gasteiger partial charge is 0.184 e. The first-order valence-corrected chi connectivity index (χ1v) is 8.86. The second kappa shape index (κ2) is 6.77. The summed E-state index contributed by atoms with van der Waals surface area (Å²) in [7, 11) is 1.61. The molecule has 25 heavy (non-hydrogen) atoms. The molecule has 1 saturated heterocycles. The van der Waals surface area contributed by atoms with E-state index in [0.29, 0.717) is 37.0 Å². The molecule has 0 spiro atoms. The summed E-state index contributed by atoms with van der Waals surface area (Å²) in [5.41, 5.74) is 2.26. The Balaban J connectivity index is 1.75. The molecule has 6 heteroatoms. The zero-order chi connectivity index (χ0) is 17.4. The van der Waals surface area contributed by atoms with Gasteiger partial charge >= 0.3 is 0 Å². The van der Waals surface area contributed by atoms with Gasteiger partial charge in [0.2, 0.25) is 0 Å². The summed E-state index contributed by atoms with van der Waals surface area (Å²) >= 11 is 0. The fourth-order valence-corrected chi connectivity index (χ4v) is 3.96. The van der Waals surface area contributed by atoms with E-state index in [2.05, 4.69) is 12.1 Å². The van der Waals surface area contributed by atoms with E-state index in [1.165, 1.54) is 0 Å². The van der Waals surface area contributed by atoms with E-state index in [0.717, 1.165) is 24.0 Å². The molecule has 2 heterocycles. The average molecular weight is 345 g/mol. The van der Waals surface area contributed by atoms with Crippen molar-refractivity contribution in [3.8, 4) is 5.75 Å². The van der Waals surface area contributed by atoms with Gasteiger partial charge in [-0.15, -0.1) is 0 Å². The van der Waals surface area contributed by atoms with Gasteiger partial charge in [-0.3, -0.25) is 4.79 Å². The summed E-state index contributed by atoms with van der Waals surface area (Å²) < 4.78 is 17.1. The minimum absolute atomic E-state index is 0.183. The molecule has 0 N–H and O–H groups in total. The van der Waals surface area contributed by atoms with E-state index in [9.17, 15) is 4.79 Å². The molecular weight excluding hydrogens is 322 g/mol. The average Bonchev–Trinajstić information content (AvgIpc) is 3.05. The second-order valence-corrected chi connectivity index (χ2v) is 6.96. The number of methoxy groups -OCH3 is 1. The standard InChI is InChI=1S/C19H23NO5/c1-11-9-13(21)17-15(10-11)25-20-18(17)16-12(5-3-6-14(16)22-2)19-23-7-4-8-24-19/h3,5-6,11,15,17,19H,4,7-10H2,1-2H3. The van der Waals surface area contributed by atoms with Crippen LogP contribution in [0, 0.1) is 11.8 Å². The molecule has 1 aromatic carbocycles. The van der Waals surface area contributed by atoms with Crippen molar-refractivity contribution < 1.29 is 23.8 Å². The Bertz CT molecular complexity index is 695. The number of hydrogen-bond donors (Lipinski definition) is 0.